The van der Waals surface area contributed by atoms with E-state index in [0.717, 1.165) is 18.5 Å². The SMILES string of the molecule is O=C(O)[C@]1(Cc2ccc(Cl)cc2)CCCN1. The first-order chi connectivity index (χ1) is 7.62. The van der Waals surface area contributed by atoms with Crippen LogP contribution in [-0.4, -0.2) is 23.2 Å². The van der Waals surface area contributed by atoms with Crippen LogP contribution < -0.4 is 5.32 Å². The lowest BCUT2D eigenvalue weighted by Gasteiger charge is -2.24. The second kappa shape index (κ2) is 4.44. The van der Waals surface area contributed by atoms with Crippen LogP contribution in [-0.2, 0) is 11.2 Å². The molecule has 1 aromatic carbocycles. The fourth-order valence-corrected chi connectivity index (χ4v) is 2.29. The van der Waals surface area contributed by atoms with Gasteiger partial charge in [0.2, 0.25) is 0 Å². The zero-order valence-corrected chi connectivity index (χ0v) is 9.63. The zero-order valence-electron chi connectivity index (χ0n) is 8.87. The molecule has 0 bridgehead atoms. The Morgan fingerprint density at radius 1 is 1.44 bits per heavy atom. The molecule has 1 aromatic rings. The molecular formula is C12H14ClNO2. The molecule has 0 spiro atoms. The molecule has 1 aliphatic rings. The lowest BCUT2D eigenvalue weighted by atomic mass is 9.89. The van der Waals surface area contributed by atoms with Crippen LogP contribution in [0, 0.1) is 0 Å². The summed E-state index contributed by atoms with van der Waals surface area (Å²) in [5.41, 5.74) is 0.217. The molecule has 2 N–H and O–H groups in total. The van der Waals surface area contributed by atoms with Crippen LogP contribution >= 0.6 is 11.6 Å². The third kappa shape index (κ3) is 2.20. The van der Waals surface area contributed by atoms with E-state index in [9.17, 15) is 9.90 Å². The third-order valence-corrected chi connectivity index (χ3v) is 3.32. The average Bonchev–Trinajstić information content (AvgIpc) is 2.71. The Bertz CT molecular complexity index is 383. The van der Waals surface area contributed by atoms with Crippen LogP contribution in [0.4, 0.5) is 0 Å². The zero-order chi connectivity index (χ0) is 11.6. The van der Waals surface area contributed by atoms with Crippen molar-refractivity contribution in [3.05, 3.63) is 34.9 Å². The highest BCUT2D eigenvalue weighted by Crippen LogP contribution is 2.25. The van der Waals surface area contributed by atoms with E-state index in [1.54, 1.807) is 12.1 Å². The summed E-state index contributed by atoms with van der Waals surface area (Å²) in [6.45, 7) is 0.778. The summed E-state index contributed by atoms with van der Waals surface area (Å²) in [7, 11) is 0. The molecule has 86 valence electrons. The van der Waals surface area contributed by atoms with Gasteiger partial charge in [0.05, 0.1) is 0 Å². The smallest absolute Gasteiger partial charge is 0.324 e. The summed E-state index contributed by atoms with van der Waals surface area (Å²) in [4.78, 5) is 11.3. The summed E-state index contributed by atoms with van der Waals surface area (Å²) in [5.74, 6) is -0.764. The largest absolute Gasteiger partial charge is 0.480 e. The normalized spacial score (nSPS) is 24.6. The number of nitrogens with one attached hydrogen (secondary N) is 1. The molecule has 1 aliphatic heterocycles. The first-order valence-corrected chi connectivity index (χ1v) is 5.73. The fourth-order valence-electron chi connectivity index (χ4n) is 2.17. The quantitative estimate of drug-likeness (QED) is 0.849. The van der Waals surface area contributed by atoms with Gasteiger partial charge in [0.15, 0.2) is 0 Å². The molecule has 1 heterocycles. The number of carboxylic acids is 1. The maximum Gasteiger partial charge on any atom is 0.324 e. The minimum Gasteiger partial charge on any atom is -0.480 e. The van der Waals surface area contributed by atoms with Crippen molar-refractivity contribution in [2.75, 3.05) is 6.54 Å². The monoisotopic (exact) mass is 239 g/mol. The molecule has 1 fully saturated rings. The number of hydrogen-bond acceptors (Lipinski definition) is 2. The van der Waals surface area contributed by atoms with E-state index in [2.05, 4.69) is 5.32 Å². The lowest BCUT2D eigenvalue weighted by molar-refractivity contribution is -0.144. The van der Waals surface area contributed by atoms with Gasteiger partial charge in [-0.05, 0) is 37.1 Å². The summed E-state index contributed by atoms with van der Waals surface area (Å²) in [6.07, 6.45) is 2.12. The summed E-state index contributed by atoms with van der Waals surface area (Å²) >= 11 is 5.79. The van der Waals surface area contributed by atoms with Gasteiger partial charge in [-0.2, -0.15) is 0 Å². The Kier molecular flexibility index (Phi) is 3.17. The van der Waals surface area contributed by atoms with Crippen molar-refractivity contribution in [2.24, 2.45) is 0 Å². The van der Waals surface area contributed by atoms with E-state index in [4.69, 9.17) is 11.6 Å². The molecule has 0 aromatic heterocycles. The van der Waals surface area contributed by atoms with Crippen molar-refractivity contribution in [3.63, 3.8) is 0 Å². The van der Waals surface area contributed by atoms with E-state index in [-0.39, 0.29) is 0 Å². The molecular weight excluding hydrogens is 226 g/mol. The van der Waals surface area contributed by atoms with E-state index < -0.39 is 11.5 Å². The van der Waals surface area contributed by atoms with Crippen molar-refractivity contribution in [2.45, 2.75) is 24.8 Å². The highest BCUT2D eigenvalue weighted by Gasteiger charge is 2.40. The summed E-state index contributed by atoms with van der Waals surface area (Å²) in [5, 5.41) is 13.1. The number of carboxylic acid groups (broad SMARTS) is 1. The van der Waals surface area contributed by atoms with Crippen LogP contribution in [0.5, 0.6) is 0 Å². The number of benzene rings is 1. The van der Waals surface area contributed by atoms with Gasteiger partial charge in [-0.25, -0.2) is 0 Å². The first kappa shape index (κ1) is 11.4. The van der Waals surface area contributed by atoms with E-state index in [1.807, 2.05) is 12.1 Å². The standard InChI is InChI=1S/C12H14ClNO2/c13-10-4-2-9(3-5-10)8-12(11(15)16)6-1-7-14-12/h2-5,14H,1,6-8H2,(H,15,16)/t12-/m1/s1. The van der Waals surface area contributed by atoms with Gasteiger partial charge in [-0.1, -0.05) is 23.7 Å². The summed E-state index contributed by atoms with van der Waals surface area (Å²) in [6, 6.07) is 7.35. The Labute approximate surface area is 99.4 Å². The number of aliphatic carboxylic acids is 1. The molecule has 1 saturated heterocycles. The maximum atomic E-state index is 11.3. The van der Waals surface area contributed by atoms with Gasteiger partial charge in [-0.15, -0.1) is 0 Å². The molecule has 0 saturated carbocycles. The number of hydrogen-bond donors (Lipinski definition) is 2. The molecule has 0 amide bonds. The van der Waals surface area contributed by atoms with Crippen molar-refractivity contribution in [1.82, 2.24) is 5.32 Å². The first-order valence-electron chi connectivity index (χ1n) is 5.35. The summed E-state index contributed by atoms with van der Waals surface area (Å²) < 4.78 is 0. The minimum absolute atomic E-state index is 0.513. The van der Waals surface area contributed by atoms with Crippen molar-refractivity contribution in [1.29, 1.82) is 0 Å². The molecule has 0 unspecified atom stereocenters. The number of halogens is 1. The van der Waals surface area contributed by atoms with E-state index in [1.165, 1.54) is 0 Å². The predicted octanol–water partition coefficient (Wildman–Crippen LogP) is 2.09. The molecule has 16 heavy (non-hydrogen) atoms. The van der Waals surface area contributed by atoms with Crippen LogP contribution in [0.1, 0.15) is 18.4 Å². The predicted molar refractivity (Wildman–Crippen MR) is 62.8 cm³/mol. The van der Waals surface area contributed by atoms with Crippen LogP contribution in [0.2, 0.25) is 5.02 Å². The van der Waals surface area contributed by atoms with Crippen LogP contribution in [0.25, 0.3) is 0 Å². The second-order valence-electron chi connectivity index (χ2n) is 4.22. The molecule has 3 nitrogen and oxygen atoms in total. The highest BCUT2D eigenvalue weighted by atomic mass is 35.5. The van der Waals surface area contributed by atoms with E-state index >= 15 is 0 Å². The second-order valence-corrected chi connectivity index (χ2v) is 4.66. The molecule has 0 radical (unpaired) electrons. The minimum atomic E-state index is -0.784. The third-order valence-electron chi connectivity index (χ3n) is 3.07. The lowest BCUT2D eigenvalue weighted by Crippen LogP contribution is -2.49. The topological polar surface area (TPSA) is 49.3 Å². The van der Waals surface area contributed by atoms with Gasteiger partial charge in [0.1, 0.15) is 5.54 Å². The van der Waals surface area contributed by atoms with Gasteiger partial charge in [-0.3, -0.25) is 4.79 Å². The highest BCUT2D eigenvalue weighted by molar-refractivity contribution is 6.30. The molecule has 2 rings (SSSR count). The molecule has 4 heteroatoms. The molecule has 0 aliphatic carbocycles. The maximum absolute atomic E-state index is 11.3. The van der Waals surface area contributed by atoms with Gasteiger partial charge >= 0.3 is 5.97 Å². The van der Waals surface area contributed by atoms with Gasteiger partial charge in [0, 0.05) is 11.4 Å². The van der Waals surface area contributed by atoms with Crippen molar-refractivity contribution >= 4 is 17.6 Å². The van der Waals surface area contributed by atoms with Crippen LogP contribution in [0.15, 0.2) is 24.3 Å². The van der Waals surface area contributed by atoms with Crippen molar-refractivity contribution < 1.29 is 9.90 Å². The number of rotatable bonds is 3. The molecule has 1 atom stereocenters. The van der Waals surface area contributed by atoms with Crippen molar-refractivity contribution in [3.8, 4) is 0 Å². The Morgan fingerprint density at radius 3 is 2.62 bits per heavy atom. The fraction of sp³-hybridized carbons (Fsp3) is 0.417. The van der Waals surface area contributed by atoms with Gasteiger partial charge < -0.3 is 10.4 Å². The number of carbonyl (C=O) groups is 1. The van der Waals surface area contributed by atoms with Gasteiger partial charge in [0.25, 0.3) is 0 Å². The Hall–Kier alpha value is -1.06. The van der Waals surface area contributed by atoms with E-state index in [0.29, 0.717) is 17.9 Å². The average molecular weight is 240 g/mol. The Balaban J connectivity index is 2.18. The Morgan fingerprint density at radius 2 is 2.12 bits per heavy atom. The van der Waals surface area contributed by atoms with Crippen LogP contribution in [0.3, 0.4) is 0 Å².